The predicted molar refractivity (Wildman–Crippen MR) is 115 cm³/mol. The molecule has 12 N–H and O–H groups in total. The maximum Gasteiger partial charge on any atom is 0.327 e. The number of carboxylic acids is 1. The smallest absolute Gasteiger partial charge is 0.327 e. The van der Waals surface area contributed by atoms with Crippen LogP contribution in [0.4, 0.5) is 0 Å². The molecule has 0 aliphatic carbocycles. The Balaban J connectivity index is 4.92. The molecule has 0 heterocycles. The molecule has 0 rings (SSSR count). The van der Waals surface area contributed by atoms with Crippen LogP contribution in [0.15, 0.2) is 4.99 Å². The number of aliphatic imine (C=N–C) groups is 1. The number of carbonyl (C=O) groups excluding carboxylic acids is 4. The van der Waals surface area contributed by atoms with E-state index in [1.165, 1.54) is 0 Å². The van der Waals surface area contributed by atoms with Crippen LogP contribution in [-0.2, 0) is 24.0 Å². The van der Waals surface area contributed by atoms with E-state index in [1.54, 1.807) is 0 Å². The number of carboxylic acid groups (broad SMARTS) is 1. The predicted octanol–water partition coefficient (Wildman–Crippen LogP) is -4.27. The number of amides is 4. The Labute approximate surface area is 184 Å². The van der Waals surface area contributed by atoms with Gasteiger partial charge >= 0.3 is 5.97 Å². The molecule has 14 nitrogen and oxygen atoms in total. The van der Waals surface area contributed by atoms with Crippen LogP contribution in [0.3, 0.4) is 0 Å². The summed E-state index contributed by atoms with van der Waals surface area (Å²) in [5.74, 6) is -4.30. The molecule has 15 heteroatoms. The molecule has 0 aromatic heterocycles. The Kier molecular flexibility index (Phi) is 13.4. The summed E-state index contributed by atoms with van der Waals surface area (Å²) in [6.45, 7) is -0.331. The maximum atomic E-state index is 12.5. The first kappa shape index (κ1) is 27.9. The van der Waals surface area contributed by atoms with E-state index < -0.39 is 54.3 Å². The van der Waals surface area contributed by atoms with E-state index in [0.717, 1.165) is 0 Å². The van der Waals surface area contributed by atoms with E-state index in [-0.39, 0.29) is 37.5 Å². The van der Waals surface area contributed by atoms with Crippen molar-refractivity contribution in [1.29, 1.82) is 0 Å². The van der Waals surface area contributed by atoms with Crippen LogP contribution < -0.4 is 38.9 Å². The van der Waals surface area contributed by atoms with Gasteiger partial charge in [0.15, 0.2) is 5.96 Å². The van der Waals surface area contributed by atoms with Crippen molar-refractivity contribution >= 4 is 48.2 Å². The van der Waals surface area contributed by atoms with E-state index >= 15 is 0 Å². The van der Waals surface area contributed by atoms with Crippen LogP contribution in [0.1, 0.15) is 25.7 Å². The highest BCUT2D eigenvalue weighted by molar-refractivity contribution is 7.80. The van der Waals surface area contributed by atoms with Gasteiger partial charge in [-0.15, -0.1) is 0 Å². The van der Waals surface area contributed by atoms with Crippen molar-refractivity contribution in [2.75, 3.05) is 18.8 Å². The lowest BCUT2D eigenvalue weighted by Crippen LogP contribution is -2.53. The van der Waals surface area contributed by atoms with Crippen LogP contribution >= 0.6 is 12.6 Å². The van der Waals surface area contributed by atoms with Gasteiger partial charge in [0.1, 0.15) is 12.1 Å². The number of hydrogen-bond acceptors (Lipinski definition) is 8. The van der Waals surface area contributed by atoms with E-state index in [0.29, 0.717) is 6.42 Å². The van der Waals surface area contributed by atoms with Crippen molar-refractivity contribution in [3.05, 3.63) is 0 Å². The summed E-state index contributed by atoms with van der Waals surface area (Å²) in [6.07, 6.45) is 0.324. The van der Waals surface area contributed by atoms with Gasteiger partial charge in [0, 0.05) is 18.7 Å². The second kappa shape index (κ2) is 14.8. The van der Waals surface area contributed by atoms with Crippen molar-refractivity contribution in [3.63, 3.8) is 0 Å². The van der Waals surface area contributed by atoms with Gasteiger partial charge in [-0.25, -0.2) is 4.79 Å². The number of nitrogens with two attached hydrogens (primary N) is 4. The number of primary amides is 1. The van der Waals surface area contributed by atoms with Crippen molar-refractivity contribution in [3.8, 4) is 0 Å². The van der Waals surface area contributed by atoms with Crippen LogP contribution in [0.2, 0.25) is 0 Å². The van der Waals surface area contributed by atoms with E-state index in [2.05, 4.69) is 33.6 Å². The lowest BCUT2D eigenvalue weighted by molar-refractivity contribution is -0.141. The molecule has 0 aromatic carbocycles. The van der Waals surface area contributed by atoms with Crippen LogP contribution in [-0.4, -0.2) is 77.6 Å². The molecule has 0 aromatic rings. The van der Waals surface area contributed by atoms with E-state index in [9.17, 15) is 24.0 Å². The highest BCUT2D eigenvalue weighted by Crippen LogP contribution is 2.01. The lowest BCUT2D eigenvalue weighted by atomic mass is 10.1. The van der Waals surface area contributed by atoms with Crippen LogP contribution in [0.25, 0.3) is 0 Å². The van der Waals surface area contributed by atoms with Crippen molar-refractivity contribution < 1.29 is 29.1 Å². The third-order valence-corrected chi connectivity index (χ3v) is 4.22. The summed E-state index contributed by atoms with van der Waals surface area (Å²) < 4.78 is 0. The first-order valence-electron chi connectivity index (χ1n) is 9.28. The molecule has 4 amide bonds. The Morgan fingerprint density at radius 1 is 0.968 bits per heavy atom. The van der Waals surface area contributed by atoms with Crippen molar-refractivity contribution in [1.82, 2.24) is 16.0 Å². The minimum atomic E-state index is -1.27. The standard InChI is InChI=1S/C16H30N8O6S/c17-8(3-4-11(18)25)13(27)24-9(2-1-5-21-16(19)20)14(28)22-6-12(26)23-10(7-31)15(29)30/h8-10,31H,1-7,17H2,(H2,18,25)(H,22,28)(H,23,26)(H,24,27)(H,29,30)(H4,19,20,21). The zero-order valence-corrected chi connectivity index (χ0v) is 17.8. The van der Waals surface area contributed by atoms with E-state index in [4.69, 9.17) is 28.0 Å². The number of hydrogen-bond donors (Lipinski definition) is 9. The number of aliphatic carboxylic acids is 1. The Bertz CT molecular complexity index is 685. The average Bonchev–Trinajstić information content (AvgIpc) is 2.69. The maximum absolute atomic E-state index is 12.5. The van der Waals surface area contributed by atoms with Crippen LogP contribution in [0.5, 0.6) is 0 Å². The molecule has 3 unspecified atom stereocenters. The molecule has 0 fully saturated rings. The summed E-state index contributed by atoms with van der Waals surface area (Å²) in [5.41, 5.74) is 21.2. The average molecular weight is 463 g/mol. The number of nitrogens with zero attached hydrogens (tertiary/aromatic N) is 1. The largest absolute Gasteiger partial charge is 0.480 e. The molecular formula is C16H30N8O6S. The van der Waals surface area contributed by atoms with Crippen molar-refractivity contribution in [2.45, 2.75) is 43.8 Å². The summed E-state index contributed by atoms with van der Waals surface area (Å²) >= 11 is 3.82. The zero-order valence-electron chi connectivity index (χ0n) is 16.9. The second-order valence-corrected chi connectivity index (χ2v) is 6.85. The first-order valence-corrected chi connectivity index (χ1v) is 9.91. The molecular weight excluding hydrogens is 432 g/mol. The minimum absolute atomic E-state index is 0.00772. The molecule has 0 saturated carbocycles. The Morgan fingerprint density at radius 2 is 1.61 bits per heavy atom. The molecule has 3 atom stereocenters. The Hall–Kier alpha value is -3.07. The quantitative estimate of drug-likeness (QED) is 0.0493. The number of thiol groups is 1. The minimum Gasteiger partial charge on any atom is -0.480 e. The van der Waals surface area contributed by atoms with E-state index in [1.807, 2.05) is 0 Å². The van der Waals surface area contributed by atoms with Gasteiger partial charge in [-0.3, -0.25) is 24.2 Å². The fraction of sp³-hybridized carbons (Fsp3) is 0.625. The molecule has 0 radical (unpaired) electrons. The second-order valence-electron chi connectivity index (χ2n) is 6.48. The fourth-order valence-corrected chi connectivity index (χ4v) is 2.45. The number of carbonyl (C=O) groups is 5. The zero-order chi connectivity index (χ0) is 24.0. The lowest BCUT2D eigenvalue weighted by Gasteiger charge is -2.20. The van der Waals surface area contributed by atoms with Gasteiger partial charge in [-0.05, 0) is 19.3 Å². The molecule has 0 bridgehead atoms. The summed E-state index contributed by atoms with van der Waals surface area (Å²) in [5, 5.41) is 15.9. The molecule has 31 heavy (non-hydrogen) atoms. The first-order chi connectivity index (χ1) is 14.5. The molecule has 0 aliphatic rings. The normalized spacial score (nSPS) is 13.2. The molecule has 176 valence electrons. The molecule has 0 spiro atoms. The van der Waals surface area contributed by atoms with Gasteiger partial charge in [-0.2, -0.15) is 12.6 Å². The van der Waals surface area contributed by atoms with Gasteiger partial charge in [0.2, 0.25) is 23.6 Å². The van der Waals surface area contributed by atoms with Crippen LogP contribution in [0, 0.1) is 0 Å². The SMILES string of the molecule is NC(=O)CCC(N)C(=O)NC(CCCN=C(N)N)C(=O)NCC(=O)NC(CS)C(=O)O. The van der Waals surface area contributed by atoms with Crippen molar-refractivity contribution in [2.24, 2.45) is 27.9 Å². The fourth-order valence-electron chi connectivity index (χ4n) is 2.20. The topological polar surface area (TPSA) is 258 Å². The Morgan fingerprint density at radius 3 is 2.13 bits per heavy atom. The monoisotopic (exact) mass is 462 g/mol. The third-order valence-electron chi connectivity index (χ3n) is 3.86. The number of nitrogens with one attached hydrogen (secondary N) is 3. The van der Waals surface area contributed by atoms with Gasteiger partial charge in [-0.1, -0.05) is 0 Å². The third kappa shape index (κ3) is 13.0. The van der Waals surface area contributed by atoms with Gasteiger partial charge in [0.05, 0.1) is 12.6 Å². The van der Waals surface area contributed by atoms with Gasteiger partial charge in [0.25, 0.3) is 0 Å². The highest BCUT2D eigenvalue weighted by atomic mass is 32.1. The summed E-state index contributed by atoms with van der Waals surface area (Å²) in [7, 11) is 0. The molecule has 0 aliphatic heterocycles. The molecule has 0 saturated heterocycles. The number of guanidine groups is 1. The summed E-state index contributed by atoms with van der Waals surface area (Å²) in [4.78, 5) is 62.0. The highest BCUT2D eigenvalue weighted by Gasteiger charge is 2.25. The number of rotatable bonds is 15. The van der Waals surface area contributed by atoms with Gasteiger partial charge < -0.3 is 44.0 Å². The summed E-state index contributed by atoms with van der Waals surface area (Å²) in [6, 6.07) is -3.36.